The number of allylic oxidation sites excluding steroid dienone is 5. The molecule has 25 heavy (non-hydrogen) atoms. The minimum atomic E-state index is -3.92. The third kappa shape index (κ3) is 4.58. The Labute approximate surface area is 148 Å². The van der Waals surface area contributed by atoms with Gasteiger partial charge in [0, 0.05) is 12.5 Å². The molecule has 0 fully saturated rings. The highest BCUT2D eigenvalue weighted by atomic mass is 32.2. The smallest absolute Gasteiger partial charge is 0.254 e. The fourth-order valence-electron chi connectivity index (χ4n) is 2.26. The summed E-state index contributed by atoms with van der Waals surface area (Å²) in [5, 5.41) is 7.60. The van der Waals surface area contributed by atoms with Gasteiger partial charge < -0.3 is 10.1 Å². The van der Waals surface area contributed by atoms with Crippen LogP contribution in [0.5, 0.6) is 5.75 Å². The molecule has 1 aromatic carbocycles. The van der Waals surface area contributed by atoms with E-state index in [0.717, 1.165) is 6.42 Å². The molecule has 1 unspecified atom stereocenters. The molecule has 7 heteroatoms. The quantitative estimate of drug-likeness (QED) is 0.841. The maximum atomic E-state index is 12.1. The van der Waals surface area contributed by atoms with E-state index in [2.05, 4.69) is 25.2 Å². The molecule has 2 rings (SSSR count). The maximum Gasteiger partial charge on any atom is 0.254 e. The summed E-state index contributed by atoms with van der Waals surface area (Å²) in [5.74, 6) is 0.325. The molecule has 0 aliphatic heterocycles. The first-order valence-corrected chi connectivity index (χ1v) is 9.39. The second-order valence-electron chi connectivity index (χ2n) is 6.01. The number of amides is 1. The lowest BCUT2D eigenvalue weighted by molar-refractivity contribution is 0.0960. The second kappa shape index (κ2) is 7.25. The van der Waals surface area contributed by atoms with Crippen LogP contribution in [0.15, 0.2) is 59.2 Å². The summed E-state index contributed by atoms with van der Waals surface area (Å²) in [5.41, 5.74) is 0.0257. The van der Waals surface area contributed by atoms with Crippen LogP contribution in [0, 0.1) is 5.41 Å². The van der Waals surface area contributed by atoms with Crippen molar-refractivity contribution in [2.75, 3.05) is 7.05 Å². The number of carbonyl (C=O) groups is 1. The number of hydrogen-bond donors (Lipinski definition) is 2. The van der Waals surface area contributed by atoms with Gasteiger partial charge in [0.1, 0.15) is 11.5 Å². The normalized spacial score (nSPS) is 19.9. The van der Waals surface area contributed by atoms with Gasteiger partial charge in [0.15, 0.2) is 0 Å². The van der Waals surface area contributed by atoms with Crippen LogP contribution in [-0.2, 0) is 10.0 Å². The van der Waals surface area contributed by atoms with E-state index < -0.39 is 15.9 Å². The average Bonchev–Trinajstić information content (AvgIpc) is 2.76. The first-order valence-electron chi connectivity index (χ1n) is 7.84. The first-order chi connectivity index (χ1) is 11.7. The summed E-state index contributed by atoms with van der Waals surface area (Å²) in [4.78, 5) is 11.9. The number of hydrogen-bond acceptors (Lipinski definition) is 4. The van der Waals surface area contributed by atoms with E-state index in [1.165, 1.54) is 25.2 Å². The van der Waals surface area contributed by atoms with Crippen molar-refractivity contribution < 1.29 is 17.9 Å². The molecular formula is C18H22N2O4S. The highest BCUT2D eigenvalue weighted by Gasteiger charge is 2.19. The zero-order chi connectivity index (χ0) is 18.7. The summed E-state index contributed by atoms with van der Waals surface area (Å²) in [7, 11) is -2.46. The largest absolute Gasteiger partial charge is 0.457 e. The highest BCUT2D eigenvalue weighted by molar-refractivity contribution is 7.89. The third-order valence-electron chi connectivity index (χ3n) is 4.11. The monoisotopic (exact) mass is 362 g/mol. The fraction of sp³-hybridized carbons (Fsp3) is 0.278. The Bertz CT molecular complexity index is 869. The Morgan fingerprint density at radius 2 is 2.04 bits per heavy atom. The Kier molecular flexibility index (Phi) is 5.49. The van der Waals surface area contributed by atoms with Gasteiger partial charge in [0.2, 0.25) is 10.0 Å². The highest BCUT2D eigenvalue weighted by Crippen LogP contribution is 2.29. The summed E-state index contributed by atoms with van der Waals surface area (Å²) in [6.07, 6.45) is 10.6. The van der Waals surface area contributed by atoms with Crippen LogP contribution in [0.3, 0.4) is 0 Å². The van der Waals surface area contributed by atoms with E-state index >= 15 is 0 Å². The number of rotatable bonds is 5. The van der Waals surface area contributed by atoms with Crippen molar-refractivity contribution in [3.05, 3.63) is 59.9 Å². The summed E-state index contributed by atoms with van der Waals surface area (Å²) < 4.78 is 28.9. The Morgan fingerprint density at radius 3 is 2.64 bits per heavy atom. The van der Waals surface area contributed by atoms with E-state index in [9.17, 15) is 13.2 Å². The molecule has 0 radical (unpaired) electrons. The van der Waals surface area contributed by atoms with Crippen molar-refractivity contribution in [2.45, 2.75) is 25.2 Å². The van der Waals surface area contributed by atoms with E-state index in [1.54, 1.807) is 6.08 Å². The molecule has 1 atom stereocenters. The predicted octanol–water partition coefficient (Wildman–Crippen LogP) is 2.50. The van der Waals surface area contributed by atoms with Gasteiger partial charge in [-0.15, -0.1) is 0 Å². The molecule has 1 aromatic rings. The van der Waals surface area contributed by atoms with Gasteiger partial charge in [-0.3, -0.25) is 4.79 Å². The van der Waals surface area contributed by atoms with Crippen LogP contribution in [-0.4, -0.2) is 21.4 Å². The SMILES string of the molecule is CCC1(C)C=CC=C(Oc2ccc(S(N)(=O)=O)cc2C(=O)NC)C=C1. The van der Waals surface area contributed by atoms with Crippen molar-refractivity contribution in [1.29, 1.82) is 0 Å². The number of carbonyl (C=O) groups excluding carboxylic acids is 1. The van der Waals surface area contributed by atoms with Gasteiger partial charge in [-0.1, -0.05) is 32.1 Å². The number of sulfonamides is 1. The van der Waals surface area contributed by atoms with Crippen LogP contribution in [0.2, 0.25) is 0 Å². The molecular weight excluding hydrogens is 340 g/mol. The van der Waals surface area contributed by atoms with E-state index in [1.807, 2.05) is 18.2 Å². The van der Waals surface area contributed by atoms with Crippen molar-refractivity contribution in [3.8, 4) is 5.75 Å². The Morgan fingerprint density at radius 1 is 1.32 bits per heavy atom. The molecule has 6 nitrogen and oxygen atoms in total. The number of nitrogens with one attached hydrogen (secondary N) is 1. The maximum absolute atomic E-state index is 12.1. The standard InChI is InChI=1S/C18H22N2O4S/c1-4-18(2)10-5-6-13(9-11-18)24-16-8-7-14(25(19,22)23)12-15(16)17(21)20-3/h5-12H,4H2,1-3H3,(H,20,21)(H2,19,22,23). The molecule has 0 aromatic heterocycles. The molecule has 0 spiro atoms. The lowest BCUT2D eigenvalue weighted by atomic mass is 9.87. The molecule has 0 saturated heterocycles. The molecule has 0 saturated carbocycles. The molecule has 1 amide bonds. The zero-order valence-corrected chi connectivity index (χ0v) is 15.3. The third-order valence-corrected chi connectivity index (χ3v) is 5.02. The van der Waals surface area contributed by atoms with Gasteiger partial charge in [-0.05, 0) is 36.8 Å². The van der Waals surface area contributed by atoms with E-state index in [4.69, 9.17) is 9.88 Å². The van der Waals surface area contributed by atoms with Gasteiger partial charge in [-0.25, -0.2) is 13.6 Å². The zero-order valence-electron chi connectivity index (χ0n) is 14.4. The van der Waals surface area contributed by atoms with Crippen molar-refractivity contribution in [3.63, 3.8) is 0 Å². The summed E-state index contributed by atoms with van der Waals surface area (Å²) >= 11 is 0. The number of nitrogens with two attached hydrogens (primary N) is 1. The molecule has 1 aliphatic rings. The van der Waals surface area contributed by atoms with E-state index in [-0.39, 0.29) is 21.6 Å². The number of ether oxygens (including phenoxy) is 1. The molecule has 1 aliphatic carbocycles. The molecule has 134 valence electrons. The van der Waals surface area contributed by atoms with Crippen LogP contribution in [0.4, 0.5) is 0 Å². The molecule has 3 N–H and O–H groups in total. The minimum absolute atomic E-state index is 0.0667. The minimum Gasteiger partial charge on any atom is -0.457 e. The van der Waals surface area contributed by atoms with Crippen molar-refractivity contribution in [2.24, 2.45) is 10.6 Å². The predicted molar refractivity (Wildman–Crippen MR) is 96.6 cm³/mol. The number of benzene rings is 1. The lowest BCUT2D eigenvalue weighted by Gasteiger charge is -2.18. The van der Waals surface area contributed by atoms with Crippen molar-refractivity contribution >= 4 is 15.9 Å². The van der Waals surface area contributed by atoms with Gasteiger partial charge in [0.05, 0.1) is 10.5 Å². The van der Waals surface area contributed by atoms with Gasteiger partial charge >= 0.3 is 0 Å². The number of primary sulfonamides is 1. The second-order valence-corrected chi connectivity index (χ2v) is 7.57. The van der Waals surface area contributed by atoms with Crippen LogP contribution >= 0.6 is 0 Å². The Hall–Kier alpha value is -2.38. The lowest BCUT2D eigenvalue weighted by Crippen LogP contribution is -2.20. The topological polar surface area (TPSA) is 98.5 Å². The summed E-state index contributed by atoms with van der Waals surface area (Å²) in [6.45, 7) is 4.20. The summed E-state index contributed by atoms with van der Waals surface area (Å²) in [6, 6.07) is 3.94. The van der Waals surface area contributed by atoms with Gasteiger partial charge in [0.25, 0.3) is 5.91 Å². The van der Waals surface area contributed by atoms with Crippen molar-refractivity contribution in [1.82, 2.24) is 5.32 Å². The molecule has 0 bridgehead atoms. The first kappa shape index (κ1) is 19.0. The average molecular weight is 362 g/mol. The Balaban J connectivity index is 2.40. The fourth-order valence-corrected chi connectivity index (χ4v) is 2.80. The van der Waals surface area contributed by atoms with E-state index in [0.29, 0.717) is 5.76 Å². The molecule has 0 heterocycles. The van der Waals surface area contributed by atoms with Crippen LogP contribution in [0.25, 0.3) is 0 Å². The van der Waals surface area contributed by atoms with Crippen LogP contribution < -0.4 is 15.2 Å². The van der Waals surface area contributed by atoms with Crippen LogP contribution in [0.1, 0.15) is 30.6 Å². The van der Waals surface area contributed by atoms with Gasteiger partial charge in [-0.2, -0.15) is 0 Å².